The van der Waals surface area contributed by atoms with Crippen molar-refractivity contribution in [2.75, 3.05) is 23.7 Å². The molecule has 1 amide bonds. The molecule has 174 valence electrons. The molecule has 0 aliphatic heterocycles. The van der Waals surface area contributed by atoms with E-state index in [9.17, 15) is 13.2 Å². The second-order valence-corrected chi connectivity index (χ2v) is 10.1. The van der Waals surface area contributed by atoms with Gasteiger partial charge in [0.05, 0.1) is 17.2 Å². The number of ether oxygens (including phenoxy) is 1. The zero-order valence-electron chi connectivity index (χ0n) is 18.9. The normalized spacial score (nSPS) is 11.1. The van der Waals surface area contributed by atoms with Gasteiger partial charge in [-0.05, 0) is 62.6 Å². The average molecular weight is 485 g/mol. The monoisotopic (exact) mass is 484 g/mol. The summed E-state index contributed by atoms with van der Waals surface area (Å²) in [6.07, 6.45) is 1.93. The van der Waals surface area contributed by atoms with E-state index < -0.39 is 15.9 Å². The van der Waals surface area contributed by atoms with Crippen LogP contribution in [0, 0.1) is 6.92 Å². The van der Waals surface area contributed by atoms with Gasteiger partial charge in [0.25, 0.3) is 10.0 Å². The first-order chi connectivity index (χ1) is 15.8. The molecule has 0 spiro atoms. The van der Waals surface area contributed by atoms with Crippen LogP contribution in [0.1, 0.15) is 18.1 Å². The first-order valence-corrected chi connectivity index (χ1v) is 13.2. The van der Waals surface area contributed by atoms with Crippen LogP contribution in [0.4, 0.5) is 5.69 Å². The molecule has 1 N–H and O–H groups in total. The zero-order valence-corrected chi connectivity index (χ0v) is 20.6. The third-order valence-electron chi connectivity index (χ3n) is 5.01. The van der Waals surface area contributed by atoms with Crippen LogP contribution >= 0.6 is 11.8 Å². The summed E-state index contributed by atoms with van der Waals surface area (Å²) in [5, 5.41) is 2.82. The molecule has 8 heteroatoms. The van der Waals surface area contributed by atoms with Crippen LogP contribution in [0.3, 0.4) is 0 Å². The predicted octanol–water partition coefficient (Wildman–Crippen LogP) is 4.63. The topological polar surface area (TPSA) is 75.7 Å². The van der Waals surface area contributed by atoms with Crippen molar-refractivity contribution in [3.05, 3.63) is 83.9 Å². The van der Waals surface area contributed by atoms with Crippen LogP contribution < -0.4 is 14.4 Å². The molecule has 0 saturated heterocycles. The summed E-state index contributed by atoms with van der Waals surface area (Å²) in [7, 11) is -3.95. The second kappa shape index (κ2) is 11.2. The number of amides is 1. The third-order valence-corrected chi connectivity index (χ3v) is 7.54. The molecule has 6 nitrogen and oxygen atoms in total. The highest BCUT2D eigenvalue weighted by Crippen LogP contribution is 2.26. The molecule has 3 aromatic rings. The number of benzene rings is 3. The van der Waals surface area contributed by atoms with Gasteiger partial charge in [0, 0.05) is 17.0 Å². The first-order valence-electron chi connectivity index (χ1n) is 10.6. The smallest absolute Gasteiger partial charge is 0.264 e. The van der Waals surface area contributed by atoms with Gasteiger partial charge in [-0.2, -0.15) is 0 Å². The van der Waals surface area contributed by atoms with Crippen molar-refractivity contribution in [3.8, 4) is 5.75 Å². The molecule has 0 radical (unpaired) electrons. The van der Waals surface area contributed by atoms with Gasteiger partial charge in [-0.3, -0.25) is 9.10 Å². The van der Waals surface area contributed by atoms with Crippen molar-refractivity contribution in [2.45, 2.75) is 30.2 Å². The van der Waals surface area contributed by atoms with Crippen LogP contribution in [-0.2, 0) is 21.4 Å². The summed E-state index contributed by atoms with van der Waals surface area (Å²) in [5.41, 5.74) is 2.25. The molecule has 0 fully saturated rings. The maximum Gasteiger partial charge on any atom is 0.264 e. The molecule has 3 aromatic carbocycles. The lowest BCUT2D eigenvalue weighted by Gasteiger charge is -2.24. The van der Waals surface area contributed by atoms with Crippen LogP contribution in [0.2, 0.25) is 0 Å². The molecule has 33 heavy (non-hydrogen) atoms. The summed E-state index contributed by atoms with van der Waals surface area (Å²) in [6, 6.07) is 21.2. The Hall–Kier alpha value is -2.97. The minimum Gasteiger partial charge on any atom is -0.494 e. The number of para-hydroxylation sites is 1. The Balaban J connectivity index is 1.84. The number of carbonyl (C=O) groups excluding carboxylic acids is 1. The molecule has 0 bridgehead atoms. The number of nitrogens with one attached hydrogen (secondary N) is 1. The summed E-state index contributed by atoms with van der Waals surface area (Å²) < 4.78 is 33.7. The molecule has 0 atom stereocenters. The first kappa shape index (κ1) is 24.7. The summed E-state index contributed by atoms with van der Waals surface area (Å²) in [4.78, 5) is 13.9. The van der Waals surface area contributed by atoms with Gasteiger partial charge in [-0.15, -0.1) is 11.8 Å². The quantitative estimate of drug-likeness (QED) is 0.425. The van der Waals surface area contributed by atoms with E-state index in [0.29, 0.717) is 18.0 Å². The molecule has 0 heterocycles. The van der Waals surface area contributed by atoms with Gasteiger partial charge in [0.2, 0.25) is 5.91 Å². The van der Waals surface area contributed by atoms with Gasteiger partial charge in [0.15, 0.2) is 0 Å². The Morgan fingerprint density at radius 1 is 1.00 bits per heavy atom. The average Bonchev–Trinajstić information content (AvgIpc) is 2.83. The van der Waals surface area contributed by atoms with Gasteiger partial charge >= 0.3 is 0 Å². The maximum atomic E-state index is 13.5. The zero-order chi connectivity index (χ0) is 23.8. The molecule has 0 saturated carbocycles. The number of hydrogen-bond acceptors (Lipinski definition) is 5. The van der Waals surface area contributed by atoms with Gasteiger partial charge in [0.1, 0.15) is 12.3 Å². The van der Waals surface area contributed by atoms with Crippen molar-refractivity contribution < 1.29 is 17.9 Å². The Kier molecular flexibility index (Phi) is 8.41. The van der Waals surface area contributed by atoms with Gasteiger partial charge < -0.3 is 10.1 Å². The summed E-state index contributed by atoms with van der Waals surface area (Å²) in [6.45, 7) is 4.23. The number of hydrogen-bond donors (Lipinski definition) is 1. The maximum absolute atomic E-state index is 13.5. The fraction of sp³-hybridized carbons (Fsp3) is 0.240. The van der Waals surface area contributed by atoms with Crippen molar-refractivity contribution in [2.24, 2.45) is 0 Å². The lowest BCUT2D eigenvalue weighted by Crippen LogP contribution is -2.40. The van der Waals surface area contributed by atoms with Crippen LogP contribution in [0.15, 0.2) is 82.6 Å². The van der Waals surface area contributed by atoms with E-state index in [0.717, 1.165) is 20.3 Å². The highest BCUT2D eigenvalue weighted by molar-refractivity contribution is 7.98. The number of rotatable bonds is 10. The molecular weight excluding hydrogens is 456 g/mol. The largest absolute Gasteiger partial charge is 0.494 e. The van der Waals surface area contributed by atoms with E-state index in [1.165, 1.54) is 11.8 Å². The minimum absolute atomic E-state index is 0.135. The summed E-state index contributed by atoms with van der Waals surface area (Å²) >= 11 is 1.53. The van der Waals surface area contributed by atoms with Gasteiger partial charge in [-0.1, -0.05) is 35.9 Å². The van der Waals surface area contributed by atoms with E-state index in [-0.39, 0.29) is 18.0 Å². The lowest BCUT2D eigenvalue weighted by molar-refractivity contribution is -0.119. The molecule has 0 aliphatic carbocycles. The van der Waals surface area contributed by atoms with Crippen LogP contribution in [0.25, 0.3) is 0 Å². The molecule has 3 rings (SSSR count). The number of sulfonamides is 1. The number of carbonyl (C=O) groups is 1. The van der Waals surface area contributed by atoms with E-state index in [1.54, 1.807) is 36.4 Å². The third kappa shape index (κ3) is 6.30. The van der Waals surface area contributed by atoms with Crippen molar-refractivity contribution in [1.82, 2.24) is 5.32 Å². The van der Waals surface area contributed by atoms with E-state index >= 15 is 0 Å². The van der Waals surface area contributed by atoms with Gasteiger partial charge in [-0.25, -0.2) is 8.42 Å². The highest BCUT2D eigenvalue weighted by atomic mass is 32.2. The Bertz CT molecular complexity index is 1180. The van der Waals surface area contributed by atoms with Crippen LogP contribution in [-0.4, -0.2) is 33.7 Å². The van der Waals surface area contributed by atoms with Crippen molar-refractivity contribution in [1.29, 1.82) is 0 Å². The van der Waals surface area contributed by atoms with Crippen molar-refractivity contribution in [3.63, 3.8) is 0 Å². The van der Waals surface area contributed by atoms with E-state index in [1.807, 2.05) is 56.5 Å². The van der Waals surface area contributed by atoms with Crippen LogP contribution in [0.5, 0.6) is 5.75 Å². The fourth-order valence-corrected chi connectivity index (χ4v) is 5.06. The van der Waals surface area contributed by atoms with E-state index in [4.69, 9.17) is 4.74 Å². The lowest BCUT2D eigenvalue weighted by atomic mass is 10.2. The molecule has 0 unspecified atom stereocenters. The molecular formula is C25H28N2O4S2. The SMILES string of the molecule is CCOc1ccccc1CNC(=O)CN(c1ccc(C)cc1)S(=O)(=O)c1ccc(SC)cc1. The molecule has 0 aliphatic rings. The van der Waals surface area contributed by atoms with Crippen molar-refractivity contribution >= 4 is 33.4 Å². The second-order valence-electron chi connectivity index (χ2n) is 7.34. The fourth-order valence-electron chi connectivity index (χ4n) is 3.23. The molecule has 0 aromatic heterocycles. The standard InChI is InChI=1S/C25H28N2O4S2/c1-4-31-24-8-6-5-7-20(24)17-26-25(28)18-27(21-11-9-19(2)10-12-21)33(29,30)23-15-13-22(32-3)14-16-23/h5-16H,4,17-18H2,1-3H3,(H,26,28). The Morgan fingerprint density at radius 2 is 1.67 bits per heavy atom. The van der Waals surface area contributed by atoms with E-state index in [2.05, 4.69) is 5.32 Å². The highest BCUT2D eigenvalue weighted by Gasteiger charge is 2.27. The minimum atomic E-state index is -3.95. The number of anilines is 1. The summed E-state index contributed by atoms with van der Waals surface area (Å²) in [5.74, 6) is 0.281. The Labute approximate surface area is 200 Å². The number of nitrogens with zero attached hydrogens (tertiary/aromatic N) is 1. The predicted molar refractivity (Wildman–Crippen MR) is 133 cm³/mol. The number of thioether (sulfide) groups is 1. The Morgan fingerprint density at radius 3 is 2.30 bits per heavy atom. The number of aryl methyl sites for hydroxylation is 1.